The van der Waals surface area contributed by atoms with Crippen molar-refractivity contribution in [1.82, 2.24) is 20.4 Å². The monoisotopic (exact) mass is 650 g/mol. The number of carbonyl (C=O) groups excluding carboxylic acids is 4. The molecule has 0 saturated carbocycles. The molecule has 0 bridgehead atoms. The summed E-state index contributed by atoms with van der Waals surface area (Å²) in [5, 5.41) is 24.5. The summed E-state index contributed by atoms with van der Waals surface area (Å²) in [6.45, 7) is 7.25. The van der Waals surface area contributed by atoms with Crippen molar-refractivity contribution in [2.45, 2.75) is 76.5 Å². The number of ether oxygens (including phenoxy) is 1. The molecule has 16 heteroatoms. The maximum Gasteiger partial charge on any atom is 0.459 e. The molecule has 0 aromatic heterocycles. The number of nitrogens with zero attached hydrogens (tertiary/aromatic N) is 2. The number of rotatable bonds is 10. The molecule has 2 saturated heterocycles. The van der Waals surface area contributed by atoms with Crippen LogP contribution in [-0.2, 0) is 14.3 Å². The van der Waals surface area contributed by atoms with E-state index in [1.165, 1.54) is 24.3 Å². The predicted octanol–water partition coefficient (Wildman–Crippen LogP) is 1.92. The van der Waals surface area contributed by atoms with Gasteiger partial charge >= 0.3 is 12.1 Å². The minimum absolute atomic E-state index is 0.0132. The van der Waals surface area contributed by atoms with Gasteiger partial charge in [0.25, 0.3) is 17.6 Å². The van der Waals surface area contributed by atoms with Gasteiger partial charge in [-0.25, -0.2) is 0 Å². The fourth-order valence-electron chi connectivity index (χ4n) is 5.32. The molecule has 0 spiro atoms. The molecule has 45 heavy (non-hydrogen) atoms. The molecule has 0 unspecified atom stereocenters. The van der Waals surface area contributed by atoms with E-state index < -0.39 is 65.6 Å². The number of morpholine rings is 1. The Bertz CT molecular complexity index is 1230. The third-order valence-electron chi connectivity index (χ3n) is 7.97. The highest BCUT2D eigenvalue weighted by molar-refractivity contribution is 6.00. The van der Waals surface area contributed by atoms with E-state index in [1.54, 1.807) is 18.7 Å². The van der Waals surface area contributed by atoms with E-state index in [9.17, 15) is 51.3 Å². The Morgan fingerprint density at radius 3 is 1.93 bits per heavy atom. The summed E-state index contributed by atoms with van der Waals surface area (Å²) in [5.41, 5.74) is 0.508. The third kappa shape index (κ3) is 7.72. The van der Waals surface area contributed by atoms with Crippen molar-refractivity contribution in [2.24, 2.45) is 11.8 Å². The van der Waals surface area contributed by atoms with Crippen molar-refractivity contribution in [3.8, 4) is 0 Å². The van der Waals surface area contributed by atoms with Gasteiger partial charge in [-0.3, -0.25) is 19.2 Å². The molecule has 1 aromatic carbocycles. The lowest BCUT2D eigenvalue weighted by atomic mass is 9.89. The molecule has 0 aliphatic carbocycles. The topological polar surface area (TPSA) is 149 Å². The number of likely N-dealkylation sites (tertiary alicyclic amines) is 1. The second kappa shape index (κ2) is 14.0. The van der Waals surface area contributed by atoms with Crippen molar-refractivity contribution in [3.63, 3.8) is 0 Å². The highest BCUT2D eigenvalue weighted by atomic mass is 19.4. The van der Waals surface area contributed by atoms with Gasteiger partial charge in [0.05, 0.1) is 19.3 Å². The number of carbonyl (C=O) groups is 4. The van der Waals surface area contributed by atoms with Crippen molar-refractivity contribution in [1.29, 1.82) is 0 Å². The van der Waals surface area contributed by atoms with Gasteiger partial charge in [-0.15, -0.1) is 0 Å². The minimum Gasteiger partial charge on any atom is -0.378 e. The first-order chi connectivity index (χ1) is 20.8. The van der Waals surface area contributed by atoms with Crippen LogP contribution < -0.4 is 10.6 Å². The molecule has 4 N–H and O–H groups in total. The third-order valence-corrected chi connectivity index (χ3v) is 7.97. The first-order valence-corrected chi connectivity index (χ1v) is 14.6. The largest absolute Gasteiger partial charge is 0.459 e. The first-order valence-electron chi connectivity index (χ1n) is 14.6. The zero-order valence-corrected chi connectivity index (χ0v) is 25.4. The second-order valence-electron chi connectivity index (χ2n) is 11.9. The van der Waals surface area contributed by atoms with Gasteiger partial charge in [-0.05, 0) is 48.9 Å². The van der Waals surface area contributed by atoms with Crippen LogP contribution in [0.5, 0.6) is 0 Å². The minimum atomic E-state index is -6.33. The second-order valence-corrected chi connectivity index (χ2v) is 11.9. The van der Waals surface area contributed by atoms with Crippen LogP contribution in [0.15, 0.2) is 24.3 Å². The smallest absolute Gasteiger partial charge is 0.378 e. The number of benzene rings is 1. The molecule has 11 nitrogen and oxygen atoms in total. The molecule has 3 rings (SSSR count). The van der Waals surface area contributed by atoms with Gasteiger partial charge < -0.3 is 35.4 Å². The quantitative estimate of drug-likeness (QED) is 0.224. The summed E-state index contributed by atoms with van der Waals surface area (Å²) in [4.78, 5) is 55.2. The standard InChI is InChI=1S/C29H39F5N4O7/c1-16(2)21(35-23(39)18-7-9-19(10-8-18)25(41)37-12-14-45-15-13-37)26(42)38-11-5-6-20(38)24(40)36-22(17(3)4)27(43,44)28(30,31)29(32,33)34/h7-10,16-17,20-22,43-44H,5-6,11-15H2,1-4H3,(H,35,39)(H,36,40)/t20-,21-,22-/m0/s1. The Labute approximate surface area is 257 Å². The van der Waals surface area contributed by atoms with Crippen LogP contribution in [0.25, 0.3) is 0 Å². The van der Waals surface area contributed by atoms with Gasteiger partial charge in [0, 0.05) is 30.8 Å². The Balaban J connectivity index is 1.73. The maximum atomic E-state index is 14.1. The van der Waals surface area contributed by atoms with E-state index >= 15 is 0 Å². The summed E-state index contributed by atoms with van der Waals surface area (Å²) in [6, 6.07) is 0.859. The van der Waals surface area contributed by atoms with Gasteiger partial charge in [-0.1, -0.05) is 27.7 Å². The van der Waals surface area contributed by atoms with E-state index in [0.29, 0.717) is 31.9 Å². The molecular weight excluding hydrogens is 611 g/mol. The van der Waals surface area contributed by atoms with E-state index in [4.69, 9.17) is 4.74 Å². The predicted molar refractivity (Wildman–Crippen MR) is 149 cm³/mol. The van der Waals surface area contributed by atoms with E-state index in [2.05, 4.69) is 5.32 Å². The lowest BCUT2D eigenvalue weighted by Gasteiger charge is -2.40. The summed E-state index contributed by atoms with van der Waals surface area (Å²) in [6.07, 6.45) is -6.04. The normalized spacial score (nSPS) is 19.4. The van der Waals surface area contributed by atoms with Gasteiger partial charge in [0.15, 0.2) is 0 Å². The highest BCUT2D eigenvalue weighted by Gasteiger charge is 2.73. The Morgan fingerprint density at radius 1 is 0.867 bits per heavy atom. The van der Waals surface area contributed by atoms with E-state index in [1.807, 2.05) is 5.32 Å². The maximum absolute atomic E-state index is 14.1. The zero-order valence-electron chi connectivity index (χ0n) is 25.4. The van der Waals surface area contributed by atoms with Crippen LogP contribution in [0.1, 0.15) is 61.3 Å². The van der Waals surface area contributed by atoms with Crippen LogP contribution >= 0.6 is 0 Å². The Hall–Kier alpha value is -3.37. The number of hydrogen-bond donors (Lipinski definition) is 4. The molecule has 252 valence electrons. The lowest BCUT2D eigenvalue weighted by Crippen LogP contribution is -2.69. The molecule has 1 aromatic rings. The van der Waals surface area contributed by atoms with Crippen LogP contribution in [0.4, 0.5) is 22.0 Å². The Morgan fingerprint density at radius 2 is 1.42 bits per heavy atom. The Kier molecular flexibility index (Phi) is 11.2. The number of halogens is 5. The van der Waals surface area contributed by atoms with Crippen LogP contribution in [-0.4, -0.2) is 113 Å². The van der Waals surface area contributed by atoms with Crippen molar-refractivity contribution < 1.29 is 56.1 Å². The van der Waals surface area contributed by atoms with Crippen molar-refractivity contribution >= 4 is 23.6 Å². The molecule has 4 amide bonds. The average Bonchev–Trinajstić information content (AvgIpc) is 3.47. The molecule has 3 atom stereocenters. The van der Waals surface area contributed by atoms with E-state index in [-0.39, 0.29) is 30.9 Å². The van der Waals surface area contributed by atoms with Crippen LogP contribution in [0, 0.1) is 11.8 Å². The fourth-order valence-corrected chi connectivity index (χ4v) is 5.32. The lowest BCUT2D eigenvalue weighted by molar-refractivity contribution is -0.403. The zero-order chi connectivity index (χ0) is 33.9. The van der Waals surface area contributed by atoms with Gasteiger partial charge in [-0.2, -0.15) is 22.0 Å². The van der Waals surface area contributed by atoms with Crippen LogP contribution in [0.2, 0.25) is 0 Å². The summed E-state index contributed by atoms with van der Waals surface area (Å²) < 4.78 is 72.3. The number of aliphatic hydroxyl groups is 2. The number of alkyl halides is 5. The van der Waals surface area contributed by atoms with Crippen molar-refractivity contribution in [2.75, 3.05) is 32.8 Å². The fraction of sp³-hybridized carbons (Fsp3) is 0.655. The molecule has 2 fully saturated rings. The van der Waals surface area contributed by atoms with Crippen molar-refractivity contribution in [3.05, 3.63) is 35.4 Å². The SMILES string of the molecule is CC(C)[C@H](NC(=O)c1ccc(C(=O)N2CCOCC2)cc1)C(=O)N1CCC[C@H]1C(=O)N[C@@H](C(C)C)C(O)(O)C(F)(F)C(F)(F)F. The number of hydrogen-bond acceptors (Lipinski definition) is 7. The molecule has 2 aliphatic rings. The number of nitrogens with one attached hydrogen (secondary N) is 2. The first kappa shape index (κ1) is 36.1. The molecule has 2 heterocycles. The van der Waals surface area contributed by atoms with Gasteiger partial charge in [0.2, 0.25) is 11.8 Å². The highest BCUT2D eigenvalue weighted by Crippen LogP contribution is 2.45. The number of amides is 4. The van der Waals surface area contributed by atoms with Gasteiger partial charge in [0.1, 0.15) is 12.1 Å². The van der Waals surface area contributed by atoms with E-state index in [0.717, 1.165) is 18.7 Å². The average molecular weight is 651 g/mol. The van der Waals surface area contributed by atoms with Crippen LogP contribution in [0.3, 0.4) is 0 Å². The summed E-state index contributed by atoms with van der Waals surface area (Å²) in [7, 11) is 0. The molecule has 0 radical (unpaired) electrons. The molecule has 2 aliphatic heterocycles. The molecular formula is C29H39F5N4O7. The summed E-state index contributed by atoms with van der Waals surface area (Å²) >= 11 is 0. The summed E-state index contributed by atoms with van der Waals surface area (Å²) in [5.74, 6) is -15.2.